The highest BCUT2D eigenvalue weighted by atomic mass is 35.5. The Morgan fingerprint density at radius 2 is 2.50 bits per heavy atom. The topological polar surface area (TPSA) is 20.3 Å². The molecule has 1 heterocycles. The van der Waals surface area contributed by atoms with E-state index in [0.717, 1.165) is 19.5 Å². The number of amides is 1. The van der Waals surface area contributed by atoms with Gasteiger partial charge in [0.2, 0.25) is 5.91 Å². The number of hydrogen-bond donors (Lipinski definition) is 0. The van der Waals surface area contributed by atoms with E-state index in [1.54, 1.807) is 6.92 Å². The number of hydrogen-bond acceptors (Lipinski definition) is 1. The molecule has 3 heteroatoms. The molecule has 1 fully saturated rings. The van der Waals surface area contributed by atoms with Gasteiger partial charge in [-0.1, -0.05) is 0 Å². The zero-order valence-corrected chi connectivity index (χ0v) is 6.90. The van der Waals surface area contributed by atoms with Gasteiger partial charge >= 0.3 is 0 Å². The zero-order chi connectivity index (χ0) is 7.56. The molecule has 0 aromatic carbocycles. The molecule has 1 aliphatic rings. The first-order valence-corrected chi connectivity index (χ1v) is 4.09. The Balaban J connectivity index is 2.35. The average Bonchev–Trinajstić information content (AvgIpc) is 2.34. The second-order valence-corrected chi connectivity index (χ2v) is 3.08. The summed E-state index contributed by atoms with van der Waals surface area (Å²) in [5.74, 6) is 1.39. The van der Waals surface area contributed by atoms with Crippen LogP contribution in [0.1, 0.15) is 13.3 Å². The van der Waals surface area contributed by atoms with Gasteiger partial charge < -0.3 is 4.90 Å². The lowest BCUT2D eigenvalue weighted by atomic mass is 10.2. The van der Waals surface area contributed by atoms with Gasteiger partial charge in [0.05, 0.1) is 0 Å². The van der Waals surface area contributed by atoms with Crippen molar-refractivity contribution in [3.05, 3.63) is 0 Å². The summed E-state index contributed by atoms with van der Waals surface area (Å²) < 4.78 is 0. The summed E-state index contributed by atoms with van der Waals surface area (Å²) in [6.45, 7) is 3.36. The summed E-state index contributed by atoms with van der Waals surface area (Å²) >= 11 is 5.64. The average molecular weight is 162 g/mol. The molecular weight excluding hydrogens is 150 g/mol. The van der Waals surface area contributed by atoms with Crippen LogP contribution in [0.4, 0.5) is 0 Å². The molecular formula is C7H12ClNO. The lowest BCUT2D eigenvalue weighted by Crippen LogP contribution is -2.25. The second-order valence-electron chi connectivity index (χ2n) is 2.77. The van der Waals surface area contributed by atoms with Crippen molar-refractivity contribution >= 4 is 17.5 Å². The van der Waals surface area contributed by atoms with Crippen molar-refractivity contribution in [3.8, 4) is 0 Å². The van der Waals surface area contributed by atoms with Crippen LogP contribution in [0.3, 0.4) is 0 Å². The minimum absolute atomic E-state index is 0.174. The van der Waals surface area contributed by atoms with Crippen LogP contribution in [-0.4, -0.2) is 29.8 Å². The molecule has 0 unspecified atom stereocenters. The maximum Gasteiger partial charge on any atom is 0.219 e. The monoisotopic (exact) mass is 161 g/mol. The lowest BCUT2D eigenvalue weighted by Gasteiger charge is -2.12. The van der Waals surface area contributed by atoms with E-state index in [0.29, 0.717) is 11.8 Å². The van der Waals surface area contributed by atoms with Gasteiger partial charge in [0.15, 0.2) is 0 Å². The largest absolute Gasteiger partial charge is 0.343 e. The number of alkyl halides is 1. The predicted molar refractivity (Wildman–Crippen MR) is 41.1 cm³/mol. The van der Waals surface area contributed by atoms with E-state index in [1.165, 1.54) is 0 Å². The van der Waals surface area contributed by atoms with Gasteiger partial charge in [-0.3, -0.25) is 4.79 Å². The quantitative estimate of drug-likeness (QED) is 0.528. The molecule has 0 aromatic heterocycles. The van der Waals surface area contributed by atoms with E-state index in [1.807, 2.05) is 4.90 Å². The molecule has 0 bridgehead atoms. The Morgan fingerprint density at radius 1 is 1.80 bits per heavy atom. The van der Waals surface area contributed by atoms with Crippen molar-refractivity contribution in [1.29, 1.82) is 0 Å². The van der Waals surface area contributed by atoms with E-state index in [4.69, 9.17) is 11.6 Å². The third kappa shape index (κ3) is 1.63. The summed E-state index contributed by atoms with van der Waals surface area (Å²) in [6, 6.07) is 0. The van der Waals surface area contributed by atoms with Crippen molar-refractivity contribution in [2.45, 2.75) is 13.3 Å². The van der Waals surface area contributed by atoms with Crippen LogP contribution in [0.25, 0.3) is 0 Å². The number of nitrogens with zero attached hydrogens (tertiary/aromatic N) is 1. The first kappa shape index (κ1) is 7.86. The van der Waals surface area contributed by atoms with Gasteiger partial charge in [-0.25, -0.2) is 0 Å². The van der Waals surface area contributed by atoms with Crippen LogP contribution in [-0.2, 0) is 4.79 Å². The van der Waals surface area contributed by atoms with Gasteiger partial charge in [-0.05, 0) is 12.3 Å². The molecule has 0 aromatic rings. The standard InChI is InChI=1S/C7H12ClNO/c1-6(10)9-3-2-7(4-8)5-9/h7H,2-5H2,1H3/t7-/m1/s1. The minimum atomic E-state index is 0.174. The first-order valence-electron chi connectivity index (χ1n) is 3.55. The molecule has 1 saturated heterocycles. The van der Waals surface area contributed by atoms with Gasteiger partial charge in [-0.2, -0.15) is 0 Å². The van der Waals surface area contributed by atoms with Crippen molar-refractivity contribution < 1.29 is 4.79 Å². The summed E-state index contributed by atoms with van der Waals surface area (Å²) in [6.07, 6.45) is 1.07. The fourth-order valence-corrected chi connectivity index (χ4v) is 1.50. The van der Waals surface area contributed by atoms with E-state index in [2.05, 4.69) is 0 Å². The molecule has 0 saturated carbocycles. The van der Waals surface area contributed by atoms with E-state index in [9.17, 15) is 4.79 Å². The van der Waals surface area contributed by atoms with Gasteiger partial charge in [0.25, 0.3) is 0 Å². The van der Waals surface area contributed by atoms with Crippen LogP contribution in [0, 0.1) is 5.92 Å². The number of likely N-dealkylation sites (tertiary alicyclic amines) is 1. The van der Waals surface area contributed by atoms with Crippen molar-refractivity contribution in [2.24, 2.45) is 5.92 Å². The maximum absolute atomic E-state index is 10.8. The summed E-state index contributed by atoms with van der Waals surface area (Å²) in [7, 11) is 0. The molecule has 1 aliphatic heterocycles. The van der Waals surface area contributed by atoms with Gasteiger partial charge in [-0.15, -0.1) is 11.6 Å². The van der Waals surface area contributed by atoms with Crippen molar-refractivity contribution in [1.82, 2.24) is 4.90 Å². The van der Waals surface area contributed by atoms with Crippen LogP contribution in [0.15, 0.2) is 0 Å². The highest BCUT2D eigenvalue weighted by Gasteiger charge is 2.22. The van der Waals surface area contributed by atoms with Crippen LogP contribution in [0.2, 0.25) is 0 Å². The molecule has 2 nitrogen and oxygen atoms in total. The molecule has 58 valence electrons. The zero-order valence-electron chi connectivity index (χ0n) is 6.14. The molecule has 0 N–H and O–H groups in total. The van der Waals surface area contributed by atoms with Crippen LogP contribution in [0.5, 0.6) is 0 Å². The van der Waals surface area contributed by atoms with E-state index in [-0.39, 0.29) is 5.91 Å². The van der Waals surface area contributed by atoms with Crippen LogP contribution < -0.4 is 0 Å². The van der Waals surface area contributed by atoms with Crippen LogP contribution >= 0.6 is 11.6 Å². The molecule has 0 spiro atoms. The number of carbonyl (C=O) groups excluding carboxylic acids is 1. The first-order chi connectivity index (χ1) is 4.74. The third-order valence-electron chi connectivity index (χ3n) is 1.95. The smallest absolute Gasteiger partial charge is 0.219 e. The molecule has 1 atom stereocenters. The number of carbonyl (C=O) groups is 1. The molecule has 1 rings (SSSR count). The van der Waals surface area contributed by atoms with E-state index < -0.39 is 0 Å². The van der Waals surface area contributed by atoms with Gasteiger partial charge in [0.1, 0.15) is 0 Å². The van der Waals surface area contributed by atoms with Crippen molar-refractivity contribution in [2.75, 3.05) is 19.0 Å². The Bertz CT molecular complexity index is 138. The Labute approximate surface area is 66.1 Å². The highest BCUT2D eigenvalue weighted by Crippen LogP contribution is 2.16. The maximum atomic E-state index is 10.8. The minimum Gasteiger partial charge on any atom is -0.343 e. The molecule has 0 radical (unpaired) electrons. The second kappa shape index (κ2) is 3.24. The summed E-state index contributed by atoms with van der Waals surface area (Å²) in [5.41, 5.74) is 0. The lowest BCUT2D eigenvalue weighted by molar-refractivity contribution is -0.127. The normalized spacial score (nSPS) is 25.4. The number of halogens is 1. The SMILES string of the molecule is CC(=O)N1CC[C@H](CCl)C1. The predicted octanol–water partition coefficient (Wildman–Crippen LogP) is 1.09. The van der Waals surface area contributed by atoms with E-state index >= 15 is 0 Å². The van der Waals surface area contributed by atoms with Crippen molar-refractivity contribution in [3.63, 3.8) is 0 Å². The fourth-order valence-electron chi connectivity index (χ4n) is 1.24. The summed E-state index contributed by atoms with van der Waals surface area (Å²) in [4.78, 5) is 12.6. The Morgan fingerprint density at radius 3 is 2.80 bits per heavy atom. The Kier molecular flexibility index (Phi) is 2.55. The Hall–Kier alpha value is -0.240. The summed E-state index contributed by atoms with van der Waals surface area (Å²) in [5, 5.41) is 0. The molecule has 1 amide bonds. The fraction of sp³-hybridized carbons (Fsp3) is 0.857. The third-order valence-corrected chi connectivity index (χ3v) is 2.39. The van der Waals surface area contributed by atoms with Gasteiger partial charge in [0, 0.05) is 25.9 Å². The molecule has 10 heavy (non-hydrogen) atoms. The number of rotatable bonds is 1. The molecule has 0 aliphatic carbocycles. The highest BCUT2D eigenvalue weighted by molar-refractivity contribution is 6.18.